The molecule has 0 aliphatic carbocycles. The van der Waals surface area contributed by atoms with E-state index in [9.17, 15) is 35.1 Å². The van der Waals surface area contributed by atoms with Crippen molar-refractivity contribution >= 4 is 0 Å². The van der Waals surface area contributed by atoms with E-state index in [0.717, 1.165) is 5.32 Å². The van der Waals surface area contributed by atoms with Crippen molar-refractivity contribution in [2.24, 2.45) is 0 Å². The molecule has 0 rings (SSSR count). The largest absolute Gasteiger partial charge is 0.457 e. The van der Waals surface area contributed by atoms with Gasteiger partial charge >= 0.3 is 12.5 Å². The lowest BCUT2D eigenvalue weighted by Gasteiger charge is -2.27. The monoisotopic (exact) mass is 286 g/mol. The second kappa shape index (κ2) is 5.83. The minimum atomic E-state index is -5.31. The van der Waals surface area contributed by atoms with Gasteiger partial charge in [-0.05, 0) is 6.08 Å². The van der Waals surface area contributed by atoms with Gasteiger partial charge in [0.2, 0.25) is 0 Å². The van der Waals surface area contributed by atoms with Crippen LogP contribution in [0.2, 0.25) is 0 Å². The van der Waals surface area contributed by atoms with Crippen LogP contribution in [-0.4, -0.2) is 37.5 Å². The summed E-state index contributed by atoms with van der Waals surface area (Å²) in [5.41, 5.74) is 0. The number of alkyl halides is 8. The molecule has 0 saturated carbocycles. The molecule has 0 aromatic rings. The molecular weight excluding hydrogens is 276 g/mol. The van der Waals surface area contributed by atoms with Crippen molar-refractivity contribution in [2.75, 3.05) is 13.1 Å². The van der Waals surface area contributed by atoms with Crippen LogP contribution in [0.25, 0.3) is 0 Å². The first kappa shape index (κ1) is 17.1. The van der Waals surface area contributed by atoms with Crippen molar-refractivity contribution in [3.63, 3.8) is 0 Å². The Bertz CT molecular complexity index is 269. The highest BCUT2D eigenvalue weighted by Crippen LogP contribution is 2.32. The van der Waals surface area contributed by atoms with E-state index >= 15 is 0 Å². The first-order chi connectivity index (χ1) is 7.90. The number of nitrogens with one attached hydrogen (secondary N) is 2. The lowest BCUT2D eigenvalue weighted by atomic mass is 10.1. The molecule has 0 spiro atoms. The van der Waals surface area contributed by atoms with E-state index in [1.54, 1.807) is 0 Å². The smallest absolute Gasteiger partial charge is 0.300 e. The van der Waals surface area contributed by atoms with Gasteiger partial charge in [-0.3, -0.25) is 5.32 Å². The van der Waals surface area contributed by atoms with E-state index in [1.165, 1.54) is 5.32 Å². The molecular formula is C8H10F8N2. The van der Waals surface area contributed by atoms with Crippen molar-refractivity contribution in [1.82, 2.24) is 10.6 Å². The second-order valence-corrected chi connectivity index (χ2v) is 3.23. The Morgan fingerprint density at radius 3 is 1.78 bits per heavy atom. The zero-order chi connectivity index (χ0) is 14.6. The summed E-state index contributed by atoms with van der Waals surface area (Å²) < 4.78 is 97.1. The minimum Gasteiger partial charge on any atom is -0.300 e. The summed E-state index contributed by atoms with van der Waals surface area (Å²) >= 11 is 0. The van der Waals surface area contributed by atoms with Crippen LogP contribution in [0.15, 0.2) is 12.7 Å². The normalized spacial score (nSPS) is 15.6. The topological polar surface area (TPSA) is 24.1 Å². The fourth-order valence-electron chi connectivity index (χ4n) is 1.01. The Kier molecular flexibility index (Phi) is 5.54. The highest BCUT2D eigenvalue weighted by Gasteiger charge is 2.53. The third-order valence-electron chi connectivity index (χ3n) is 1.78. The van der Waals surface area contributed by atoms with Gasteiger partial charge in [0.15, 0.2) is 6.04 Å². The van der Waals surface area contributed by atoms with Gasteiger partial charge in [-0.25, -0.2) is 5.32 Å². The van der Waals surface area contributed by atoms with Gasteiger partial charge in [0.1, 0.15) is 0 Å². The molecule has 2 N–H and O–H groups in total. The van der Waals surface area contributed by atoms with Gasteiger partial charge < -0.3 is 0 Å². The summed E-state index contributed by atoms with van der Waals surface area (Å²) in [5.74, 6) is -4.31. The van der Waals surface area contributed by atoms with Gasteiger partial charge in [-0.1, -0.05) is 6.58 Å². The highest BCUT2D eigenvalue weighted by molar-refractivity contribution is 5.00. The molecule has 0 aromatic carbocycles. The average molecular weight is 286 g/mol. The standard InChI is InChI=1S/C8H10F8N2/c1-2-6(9,10)5(7(11,12)13)17-3-4-18-8(14,15)16/h2,5,17-18H,1,3-4H2. The molecule has 0 aromatic heterocycles. The van der Waals surface area contributed by atoms with E-state index < -0.39 is 37.5 Å². The van der Waals surface area contributed by atoms with E-state index in [4.69, 9.17) is 0 Å². The van der Waals surface area contributed by atoms with E-state index in [-0.39, 0.29) is 6.08 Å². The van der Waals surface area contributed by atoms with Crippen molar-refractivity contribution in [3.8, 4) is 0 Å². The van der Waals surface area contributed by atoms with Crippen LogP contribution in [0.4, 0.5) is 35.1 Å². The lowest BCUT2D eigenvalue weighted by Crippen LogP contribution is -2.55. The molecule has 2 nitrogen and oxygen atoms in total. The molecule has 108 valence electrons. The summed E-state index contributed by atoms with van der Waals surface area (Å²) in [4.78, 5) is 0. The Morgan fingerprint density at radius 1 is 0.944 bits per heavy atom. The van der Waals surface area contributed by atoms with Crippen LogP contribution < -0.4 is 10.6 Å². The summed E-state index contributed by atoms with van der Waals surface area (Å²) in [6, 6.07) is -3.28. The van der Waals surface area contributed by atoms with Crippen LogP contribution in [-0.2, 0) is 0 Å². The van der Waals surface area contributed by atoms with Crippen molar-refractivity contribution < 1.29 is 35.1 Å². The molecule has 0 bridgehead atoms. The molecule has 10 heteroatoms. The molecule has 0 aliphatic rings. The molecule has 0 aliphatic heterocycles. The van der Waals surface area contributed by atoms with E-state index in [1.807, 2.05) is 0 Å². The number of rotatable bonds is 6. The molecule has 0 saturated heterocycles. The molecule has 0 amide bonds. The number of hydrogen-bond acceptors (Lipinski definition) is 2. The summed E-state index contributed by atoms with van der Waals surface area (Å²) in [6.07, 6.45) is -10.3. The van der Waals surface area contributed by atoms with Gasteiger partial charge in [0, 0.05) is 13.1 Å². The zero-order valence-corrected chi connectivity index (χ0v) is 8.80. The summed E-state index contributed by atoms with van der Waals surface area (Å²) in [6.45, 7) is 0.642. The maximum atomic E-state index is 12.8. The lowest BCUT2D eigenvalue weighted by molar-refractivity contribution is -0.202. The van der Waals surface area contributed by atoms with Crippen molar-refractivity contribution in [1.29, 1.82) is 0 Å². The SMILES string of the molecule is C=CC(F)(F)C(NCCNC(F)(F)F)C(F)(F)F. The first-order valence-corrected chi connectivity index (χ1v) is 4.53. The molecule has 0 heterocycles. The molecule has 1 unspecified atom stereocenters. The van der Waals surface area contributed by atoms with Crippen LogP contribution in [0, 0.1) is 0 Å². The summed E-state index contributed by atoms with van der Waals surface area (Å²) in [5, 5.41) is 2.21. The fraction of sp³-hybridized carbons (Fsp3) is 0.750. The Balaban J connectivity index is 4.43. The third-order valence-corrected chi connectivity index (χ3v) is 1.78. The van der Waals surface area contributed by atoms with Crippen LogP contribution in [0.3, 0.4) is 0 Å². The first-order valence-electron chi connectivity index (χ1n) is 4.53. The van der Waals surface area contributed by atoms with Crippen molar-refractivity contribution in [3.05, 3.63) is 12.7 Å². The van der Waals surface area contributed by atoms with Crippen molar-refractivity contribution in [2.45, 2.75) is 24.4 Å². The van der Waals surface area contributed by atoms with Gasteiger partial charge in [0.25, 0.3) is 5.92 Å². The highest BCUT2D eigenvalue weighted by atomic mass is 19.4. The van der Waals surface area contributed by atoms with Gasteiger partial charge in [0.05, 0.1) is 0 Å². The summed E-state index contributed by atoms with van der Waals surface area (Å²) in [7, 11) is 0. The average Bonchev–Trinajstić information content (AvgIpc) is 2.13. The molecule has 0 radical (unpaired) electrons. The predicted octanol–water partition coefficient (Wildman–Crippen LogP) is 2.44. The van der Waals surface area contributed by atoms with E-state index in [2.05, 4.69) is 6.58 Å². The molecule has 1 atom stereocenters. The fourth-order valence-corrected chi connectivity index (χ4v) is 1.01. The Morgan fingerprint density at radius 2 is 1.44 bits per heavy atom. The second-order valence-electron chi connectivity index (χ2n) is 3.23. The molecule has 18 heavy (non-hydrogen) atoms. The van der Waals surface area contributed by atoms with Crippen LogP contribution in [0.5, 0.6) is 0 Å². The minimum absolute atomic E-state index is 0.213. The number of halogens is 8. The Hall–Kier alpha value is -0.900. The predicted molar refractivity (Wildman–Crippen MR) is 47.0 cm³/mol. The Labute approximate surface area is 97.0 Å². The zero-order valence-electron chi connectivity index (χ0n) is 8.80. The molecule has 0 fully saturated rings. The van der Waals surface area contributed by atoms with Crippen LogP contribution in [0.1, 0.15) is 0 Å². The third kappa shape index (κ3) is 6.15. The maximum absolute atomic E-state index is 12.8. The number of hydrogen-bond donors (Lipinski definition) is 2. The quantitative estimate of drug-likeness (QED) is 0.339. The van der Waals surface area contributed by atoms with E-state index in [0.29, 0.717) is 0 Å². The van der Waals surface area contributed by atoms with Gasteiger partial charge in [-0.15, -0.1) is 0 Å². The maximum Gasteiger partial charge on any atom is 0.457 e. The van der Waals surface area contributed by atoms with Crippen LogP contribution >= 0.6 is 0 Å². The van der Waals surface area contributed by atoms with Gasteiger partial charge in [-0.2, -0.15) is 35.1 Å².